The fourth-order valence-electron chi connectivity index (χ4n) is 4.04. The van der Waals surface area contributed by atoms with E-state index in [1.807, 2.05) is 35.2 Å². The number of alkyl carbamates (subject to hydrolysis) is 1. The van der Waals surface area contributed by atoms with Crippen LogP contribution in [0.1, 0.15) is 51.5 Å². The van der Waals surface area contributed by atoms with Crippen LogP contribution in [-0.2, 0) is 14.3 Å². The van der Waals surface area contributed by atoms with Crippen molar-refractivity contribution in [1.82, 2.24) is 10.2 Å². The molecular weight excluding hydrogens is 386 g/mol. The number of likely N-dealkylation sites (tertiary alicyclic amines) is 1. The van der Waals surface area contributed by atoms with E-state index in [-0.39, 0.29) is 30.4 Å². The number of ketones is 1. The first-order valence-electron chi connectivity index (χ1n) is 10.4. The summed E-state index contributed by atoms with van der Waals surface area (Å²) in [7, 11) is 0. The first kappa shape index (κ1) is 22.1. The Kier molecular flexibility index (Phi) is 6.65. The van der Waals surface area contributed by atoms with E-state index in [1.165, 1.54) is 0 Å². The number of carbonyl (C=O) groups is 3. The summed E-state index contributed by atoms with van der Waals surface area (Å²) in [4.78, 5) is 38.4. The Morgan fingerprint density at radius 2 is 1.87 bits per heavy atom. The Bertz CT molecular complexity index is 777. The number of nitrogens with two attached hydrogens (primary N) is 1. The first-order valence-corrected chi connectivity index (χ1v) is 10.4. The molecule has 30 heavy (non-hydrogen) atoms. The van der Waals surface area contributed by atoms with Crippen molar-refractivity contribution < 1.29 is 23.9 Å². The Labute approximate surface area is 177 Å². The van der Waals surface area contributed by atoms with Crippen LogP contribution in [0.15, 0.2) is 30.3 Å². The number of amides is 2. The van der Waals surface area contributed by atoms with E-state index in [9.17, 15) is 14.4 Å². The molecule has 0 aromatic heterocycles. The van der Waals surface area contributed by atoms with Crippen LogP contribution in [0.3, 0.4) is 0 Å². The molecule has 164 valence electrons. The summed E-state index contributed by atoms with van der Waals surface area (Å²) in [5, 5.41) is 2.88. The molecule has 3 rings (SSSR count). The lowest BCUT2D eigenvalue weighted by Gasteiger charge is -2.38. The zero-order chi connectivity index (χ0) is 21.9. The molecule has 3 N–H and O–H groups in total. The third kappa shape index (κ3) is 5.95. The van der Waals surface area contributed by atoms with E-state index in [4.69, 9.17) is 15.2 Å². The molecule has 1 heterocycles. The third-order valence-corrected chi connectivity index (χ3v) is 5.52. The van der Waals surface area contributed by atoms with E-state index in [1.54, 1.807) is 20.8 Å². The SMILES string of the molecule is CC(C)(C)OC(=O)NC1CCN(COC(N)=O)C(C(=O)[C@@H]2C[C@H]2c2ccccc2)C1. The highest BCUT2D eigenvalue weighted by atomic mass is 16.6. The van der Waals surface area contributed by atoms with Crippen LogP contribution >= 0.6 is 0 Å². The predicted octanol–water partition coefficient (Wildman–Crippen LogP) is 2.77. The molecule has 8 nitrogen and oxygen atoms in total. The molecule has 2 amide bonds. The highest BCUT2D eigenvalue weighted by molar-refractivity contribution is 5.90. The summed E-state index contributed by atoms with van der Waals surface area (Å²) in [6.45, 7) is 5.89. The molecule has 2 fully saturated rings. The van der Waals surface area contributed by atoms with Crippen molar-refractivity contribution >= 4 is 18.0 Å². The summed E-state index contributed by atoms with van der Waals surface area (Å²) in [6, 6.07) is 9.36. The number of rotatable bonds is 6. The molecule has 1 aliphatic carbocycles. The van der Waals surface area contributed by atoms with Gasteiger partial charge in [0.25, 0.3) is 0 Å². The van der Waals surface area contributed by atoms with E-state index in [0.29, 0.717) is 19.4 Å². The number of ether oxygens (including phenoxy) is 2. The van der Waals surface area contributed by atoms with E-state index >= 15 is 0 Å². The zero-order valence-electron chi connectivity index (χ0n) is 17.8. The van der Waals surface area contributed by atoms with E-state index in [0.717, 1.165) is 12.0 Å². The molecule has 2 aliphatic rings. The van der Waals surface area contributed by atoms with Gasteiger partial charge in [0.15, 0.2) is 5.78 Å². The lowest BCUT2D eigenvalue weighted by Crippen LogP contribution is -2.54. The molecule has 1 aromatic rings. The average Bonchev–Trinajstić information content (AvgIpc) is 3.46. The van der Waals surface area contributed by atoms with Crippen LogP contribution in [0.2, 0.25) is 0 Å². The molecule has 8 heteroatoms. The van der Waals surface area contributed by atoms with Crippen molar-refractivity contribution in [3.8, 4) is 0 Å². The van der Waals surface area contributed by atoms with Gasteiger partial charge in [0.2, 0.25) is 0 Å². The highest BCUT2D eigenvalue weighted by Crippen LogP contribution is 2.49. The molecule has 1 saturated carbocycles. The van der Waals surface area contributed by atoms with Gasteiger partial charge in [-0.3, -0.25) is 9.69 Å². The maximum absolute atomic E-state index is 13.3. The van der Waals surface area contributed by atoms with Gasteiger partial charge in [-0.1, -0.05) is 30.3 Å². The second-order valence-electron chi connectivity index (χ2n) is 9.05. The monoisotopic (exact) mass is 417 g/mol. The molecule has 2 unspecified atom stereocenters. The quantitative estimate of drug-likeness (QED) is 0.736. The maximum atomic E-state index is 13.3. The molecular formula is C22H31N3O5. The van der Waals surface area contributed by atoms with Crippen LogP contribution < -0.4 is 11.1 Å². The number of nitrogens with zero attached hydrogens (tertiary/aromatic N) is 1. The maximum Gasteiger partial charge on any atom is 0.407 e. The minimum absolute atomic E-state index is 0.0341. The number of carbonyl (C=O) groups excluding carboxylic acids is 3. The predicted molar refractivity (Wildman–Crippen MR) is 111 cm³/mol. The summed E-state index contributed by atoms with van der Waals surface area (Å²) < 4.78 is 10.3. The molecule has 1 aromatic carbocycles. The number of hydrogen-bond donors (Lipinski definition) is 2. The topological polar surface area (TPSA) is 111 Å². The molecule has 1 saturated heterocycles. The van der Waals surface area contributed by atoms with Gasteiger partial charge in [-0.15, -0.1) is 0 Å². The smallest absolute Gasteiger partial charge is 0.407 e. The first-order chi connectivity index (χ1) is 14.1. The summed E-state index contributed by atoms with van der Waals surface area (Å²) >= 11 is 0. The lowest BCUT2D eigenvalue weighted by molar-refractivity contribution is -0.129. The Hall–Kier alpha value is -2.61. The van der Waals surface area contributed by atoms with Gasteiger partial charge in [0.05, 0.1) is 6.04 Å². The van der Waals surface area contributed by atoms with Gasteiger partial charge in [-0.2, -0.15) is 0 Å². The summed E-state index contributed by atoms with van der Waals surface area (Å²) in [5.74, 6) is 0.276. The van der Waals surface area contributed by atoms with Crippen LogP contribution in [0.25, 0.3) is 0 Å². The molecule has 1 aliphatic heterocycles. The van der Waals surface area contributed by atoms with Gasteiger partial charge >= 0.3 is 12.2 Å². The Balaban J connectivity index is 1.65. The third-order valence-electron chi connectivity index (χ3n) is 5.52. The van der Waals surface area contributed by atoms with Crippen molar-refractivity contribution in [2.24, 2.45) is 11.7 Å². The van der Waals surface area contributed by atoms with Crippen molar-refractivity contribution in [3.63, 3.8) is 0 Å². The number of benzene rings is 1. The number of nitrogens with one attached hydrogen (secondary N) is 1. The van der Waals surface area contributed by atoms with Crippen molar-refractivity contribution in [2.45, 2.75) is 63.6 Å². The van der Waals surface area contributed by atoms with Crippen molar-refractivity contribution in [2.75, 3.05) is 13.3 Å². The Morgan fingerprint density at radius 1 is 1.17 bits per heavy atom. The summed E-state index contributed by atoms with van der Waals surface area (Å²) in [6.07, 6.45) is 0.516. The van der Waals surface area contributed by atoms with E-state index < -0.39 is 23.8 Å². The minimum atomic E-state index is -0.871. The number of primary amides is 1. The molecule has 0 spiro atoms. The standard InChI is InChI=1S/C22H31N3O5/c1-22(2,3)30-21(28)24-15-9-10-25(13-29-20(23)27)18(11-15)19(26)17-12-16(17)14-7-5-4-6-8-14/h4-8,15-18H,9-13H2,1-3H3,(H2,23,27)(H,24,28)/t15?,16-,17+,18?/m0/s1. The van der Waals surface area contributed by atoms with Gasteiger partial charge < -0.3 is 20.5 Å². The van der Waals surface area contributed by atoms with Crippen molar-refractivity contribution in [3.05, 3.63) is 35.9 Å². The van der Waals surface area contributed by atoms with Crippen molar-refractivity contribution in [1.29, 1.82) is 0 Å². The molecule has 0 radical (unpaired) electrons. The van der Waals surface area contributed by atoms with Crippen LogP contribution in [-0.4, -0.2) is 53.8 Å². The normalized spacial score (nSPS) is 26.5. The van der Waals surface area contributed by atoms with Gasteiger partial charge in [0.1, 0.15) is 12.3 Å². The lowest BCUT2D eigenvalue weighted by atomic mass is 9.91. The second-order valence-corrected chi connectivity index (χ2v) is 9.05. The molecule has 4 atom stereocenters. The summed E-state index contributed by atoms with van der Waals surface area (Å²) in [5.41, 5.74) is 5.68. The average molecular weight is 418 g/mol. The van der Waals surface area contributed by atoms with Gasteiger partial charge in [0, 0.05) is 18.5 Å². The molecule has 0 bridgehead atoms. The number of piperidine rings is 1. The fourth-order valence-corrected chi connectivity index (χ4v) is 4.04. The number of hydrogen-bond acceptors (Lipinski definition) is 6. The van der Waals surface area contributed by atoms with Crippen LogP contribution in [0.4, 0.5) is 9.59 Å². The van der Waals surface area contributed by atoms with Crippen LogP contribution in [0, 0.1) is 5.92 Å². The zero-order valence-corrected chi connectivity index (χ0v) is 17.8. The second kappa shape index (κ2) is 9.04. The van der Waals surface area contributed by atoms with E-state index in [2.05, 4.69) is 5.32 Å². The highest BCUT2D eigenvalue weighted by Gasteiger charge is 2.48. The fraction of sp³-hybridized carbons (Fsp3) is 0.591. The van der Waals surface area contributed by atoms with Crippen LogP contribution in [0.5, 0.6) is 0 Å². The number of Topliss-reactive ketones (excluding diaryl/α,β-unsaturated/α-hetero) is 1. The van der Waals surface area contributed by atoms with Gasteiger partial charge in [-0.05, 0) is 51.5 Å². The Morgan fingerprint density at radius 3 is 2.50 bits per heavy atom. The minimum Gasteiger partial charge on any atom is -0.444 e. The van der Waals surface area contributed by atoms with Gasteiger partial charge in [-0.25, -0.2) is 9.59 Å². The largest absolute Gasteiger partial charge is 0.444 e.